The van der Waals surface area contributed by atoms with E-state index in [0.717, 1.165) is 9.54 Å². The molecular weight excluding hydrogens is 364 g/mol. The van der Waals surface area contributed by atoms with Gasteiger partial charge in [-0.2, -0.15) is 0 Å². The number of thiophene rings is 1. The lowest BCUT2D eigenvalue weighted by Crippen LogP contribution is -1.93. The van der Waals surface area contributed by atoms with Crippen LogP contribution in [0.5, 0.6) is 5.75 Å². The molecule has 2 aromatic rings. The Kier molecular flexibility index (Phi) is 4.65. The number of rotatable bonds is 4. The molecule has 0 spiro atoms. The third-order valence-corrected chi connectivity index (χ3v) is 5.34. The van der Waals surface area contributed by atoms with Crippen LogP contribution in [0.1, 0.15) is 22.2 Å². The predicted molar refractivity (Wildman–Crippen MR) is 80.4 cm³/mol. The first-order chi connectivity index (χ1) is 8.20. The van der Waals surface area contributed by atoms with Gasteiger partial charge in [0.25, 0.3) is 0 Å². The topological polar surface area (TPSA) is 9.23 Å². The summed E-state index contributed by atoms with van der Waals surface area (Å²) in [6.45, 7) is 2.69. The van der Waals surface area contributed by atoms with Crippen molar-refractivity contribution >= 4 is 43.2 Å². The Balaban J connectivity index is 2.16. The molecule has 1 heterocycles. The number of halogens is 2. The van der Waals surface area contributed by atoms with Gasteiger partial charge < -0.3 is 4.74 Å². The van der Waals surface area contributed by atoms with Crippen LogP contribution in [0.3, 0.4) is 0 Å². The maximum absolute atomic E-state index is 5.43. The Hall–Kier alpha value is -0.320. The molecule has 0 N–H and O–H groups in total. The van der Waals surface area contributed by atoms with Crippen molar-refractivity contribution in [3.05, 3.63) is 50.6 Å². The Bertz CT molecular complexity index is 478. The van der Waals surface area contributed by atoms with Gasteiger partial charge in [0, 0.05) is 4.88 Å². The number of alkyl halides is 1. The second kappa shape index (κ2) is 6.03. The molecule has 0 saturated heterocycles. The molecule has 1 nitrogen and oxygen atoms in total. The minimum absolute atomic E-state index is 0.245. The Morgan fingerprint density at radius 1 is 1.18 bits per heavy atom. The molecule has 0 bridgehead atoms. The van der Waals surface area contributed by atoms with E-state index in [-0.39, 0.29) is 4.83 Å². The molecule has 0 aliphatic carbocycles. The summed E-state index contributed by atoms with van der Waals surface area (Å²) in [6, 6.07) is 12.4. The van der Waals surface area contributed by atoms with Gasteiger partial charge >= 0.3 is 0 Å². The van der Waals surface area contributed by atoms with Crippen LogP contribution < -0.4 is 4.74 Å². The largest absolute Gasteiger partial charge is 0.494 e. The average molecular weight is 376 g/mol. The van der Waals surface area contributed by atoms with Gasteiger partial charge in [-0.05, 0) is 52.7 Å². The minimum Gasteiger partial charge on any atom is -0.494 e. The highest BCUT2D eigenvalue weighted by Gasteiger charge is 2.12. The predicted octanol–water partition coefficient (Wildman–Crippen LogP) is 5.39. The first-order valence-electron chi connectivity index (χ1n) is 5.32. The van der Waals surface area contributed by atoms with Crippen LogP contribution in [0, 0.1) is 0 Å². The molecule has 17 heavy (non-hydrogen) atoms. The molecule has 0 radical (unpaired) electrons. The Morgan fingerprint density at radius 3 is 2.41 bits per heavy atom. The number of hydrogen-bond donors (Lipinski definition) is 0. The van der Waals surface area contributed by atoms with Crippen molar-refractivity contribution in [2.45, 2.75) is 11.8 Å². The van der Waals surface area contributed by atoms with E-state index < -0.39 is 0 Å². The van der Waals surface area contributed by atoms with E-state index in [0.29, 0.717) is 6.61 Å². The Morgan fingerprint density at radius 2 is 1.88 bits per heavy atom. The zero-order chi connectivity index (χ0) is 12.3. The summed E-state index contributed by atoms with van der Waals surface area (Å²) in [5.41, 5.74) is 1.24. The normalized spacial score (nSPS) is 12.4. The molecule has 1 aromatic carbocycles. The molecular formula is C13H12Br2OS. The Labute approximate surface area is 122 Å². The monoisotopic (exact) mass is 374 g/mol. The average Bonchev–Trinajstić information content (AvgIpc) is 2.76. The van der Waals surface area contributed by atoms with E-state index in [9.17, 15) is 0 Å². The fourth-order valence-electron chi connectivity index (χ4n) is 1.53. The summed E-state index contributed by atoms with van der Waals surface area (Å²) < 4.78 is 6.59. The van der Waals surface area contributed by atoms with Gasteiger partial charge in [0.2, 0.25) is 0 Å². The lowest BCUT2D eigenvalue weighted by molar-refractivity contribution is 0.340. The van der Waals surface area contributed by atoms with Crippen LogP contribution in [0.15, 0.2) is 40.2 Å². The highest BCUT2D eigenvalue weighted by molar-refractivity contribution is 9.11. The van der Waals surface area contributed by atoms with Gasteiger partial charge in [0.15, 0.2) is 0 Å². The number of ether oxygens (including phenoxy) is 1. The molecule has 4 heteroatoms. The van der Waals surface area contributed by atoms with E-state index >= 15 is 0 Å². The number of hydrogen-bond acceptors (Lipinski definition) is 2. The fraction of sp³-hybridized carbons (Fsp3) is 0.231. The molecule has 1 aromatic heterocycles. The van der Waals surface area contributed by atoms with Gasteiger partial charge in [-0.25, -0.2) is 0 Å². The van der Waals surface area contributed by atoms with Crippen LogP contribution in [-0.2, 0) is 0 Å². The number of benzene rings is 1. The van der Waals surface area contributed by atoms with Crippen molar-refractivity contribution in [2.24, 2.45) is 0 Å². The zero-order valence-electron chi connectivity index (χ0n) is 9.32. The molecule has 1 atom stereocenters. The van der Waals surface area contributed by atoms with Crippen molar-refractivity contribution in [1.29, 1.82) is 0 Å². The first-order valence-corrected chi connectivity index (χ1v) is 7.85. The van der Waals surface area contributed by atoms with Crippen LogP contribution in [0.25, 0.3) is 0 Å². The summed E-state index contributed by atoms with van der Waals surface area (Å²) >= 11 is 8.95. The van der Waals surface area contributed by atoms with Crippen molar-refractivity contribution in [1.82, 2.24) is 0 Å². The van der Waals surface area contributed by atoms with Gasteiger partial charge in [0.05, 0.1) is 15.2 Å². The second-order valence-corrected chi connectivity index (χ2v) is 6.92. The highest BCUT2D eigenvalue weighted by atomic mass is 79.9. The van der Waals surface area contributed by atoms with Crippen molar-refractivity contribution in [2.75, 3.05) is 6.61 Å². The quantitative estimate of drug-likeness (QED) is 0.650. The van der Waals surface area contributed by atoms with E-state index in [1.165, 1.54) is 10.4 Å². The summed E-state index contributed by atoms with van der Waals surface area (Å²) in [6.07, 6.45) is 0. The lowest BCUT2D eigenvalue weighted by Gasteiger charge is -2.09. The minimum atomic E-state index is 0.245. The smallest absolute Gasteiger partial charge is 0.119 e. The SMILES string of the molecule is CCOc1ccc(C(Br)c2ccc(Br)s2)cc1. The molecule has 0 amide bonds. The van der Waals surface area contributed by atoms with Gasteiger partial charge in [0.1, 0.15) is 5.75 Å². The van der Waals surface area contributed by atoms with E-state index in [4.69, 9.17) is 4.74 Å². The van der Waals surface area contributed by atoms with E-state index in [1.807, 2.05) is 19.1 Å². The molecule has 90 valence electrons. The van der Waals surface area contributed by atoms with Gasteiger partial charge in [-0.3, -0.25) is 0 Å². The lowest BCUT2D eigenvalue weighted by atomic mass is 10.1. The van der Waals surface area contributed by atoms with Crippen LogP contribution in [0.2, 0.25) is 0 Å². The molecule has 0 fully saturated rings. The maximum atomic E-state index is 5.43. The fourth-order valence-corrected chi connectivity index (χ4v) is 3.70. The third kappa shape index (κ3) is 3.33. The van der Waals surface area contributed by atoms with Crippen LogP contribution in [0.4, 0.5) is 0 Å². The molecule has 0 saturated carbocycles. The maximum Gasteiger partial charge on any atom is 0.119 e. The van der Waals surface area contributed by atoms with E-state index in [1.54, 1.807) is 11.3 Å². The molecule has 0 aliphatic rings. The molecule has 2 rings (SSSR count). The first kappa shape index (κ1) is 13.1. The van der Waals surface area contributed by atoms with Crippen LogP contribution >= 0.6 is 43.2 Å². The molecule has 0 aliphatic heterocycles. The zero-order valence-corrected chi connectivity index (χ0v) is 13.3. The van der Waals surface area contributed by atoms with E-state index in [2.05, 4.69) is 56.1 Å². The van der Waals surface area contributed by atoms with Crippen molar-refractivity contribution < 1.29 is 4.74 Å². The summed E-state index contributed by atoms with van der Waals surface area (Å²) in [5, 5.41) is 0. The highest BCUT2D eigenvalue weighted by Crippen LogP contribution is 2.37. The van der Waals surface area contributed by atoms with Crippen molar-refractivity contribution in [3.63, 3.8) is 0 Å². The third-order valence-electron chi connectivity index (χ3n) is 2.33. The van der Waals surface area contributed by atoms with Gasteiger partial charge in [-0.15, -0.1) is 11.3 Å². The van der Waals surface area contributed by atoms with Crippen molar-refractivity contribution in [3.8, 4) is 5.75 Å². The van der Waals surface area contributed by atoms with Gasteiger partial charge in [-0.1, -0.05) is 28.1 Å². The summed E-state index contributed by atoms with van der Waals surface area (Å²) in [5.74, 6) is 0.920. The summed E-state index contributed by atoms with van der Waals surface area (Å²) in [4.78, 5) is 1.54. The van der Waals surface area contributed by atoms with Crippen LogP contribution in [-0.4, -0.2) is 6.61 Å². The molecule has 1 unspecified atom stereocenters. The standard InChI is InChI=1S/C13H12Br2OS/c1-2-16-10-5-3-9(4-6-10)13(15)11-7-8-12(14)17-11/h3-8,13H,2H2,1H3. The summed E-state index contributed by atoms with van der Waals surface area (Å²) in [7, 11) is 0. The second-order valence-electron chi connectivity index (χ2n) is 3.51.